The first-order valence-corrected chi connectivity index (χ1v) is 10.9. The molecule has 0 saturated carbocycles. The van der Waals surface area contributed by atoms with Crippen molar-refractivity contribution in [2.75, 3.05) is 19.0 Å². The summed E-state index contributed by atoms with van der Waals surface area (Å²) in [6.45, 7) is 2.23. The summed E-state index contributed by atoms with van der Waals surface area (Å²) >= 11 is 0. The third-order valence-corrected chi connectivity index (χ3v) is 6.17. The minimum Gasteiger partial charge on any atom is -0.376 e. The van der Waals surface area contributed by atoms with Crippen molar-refractivity contribution in [1.29, 1.82) is 0 Å². The van der Waals surface area contributed by atoms with Crippen molar-refractivity contribution >= 4 is 27.4 Å². The van der Waals surface area contributed by atoms with Gasteiger partial charge in [0.15, 0.2) is 0 Å². The highest BCUT2D eigenvalue weighted by Crippen LogP contribution is 2.40. The Kier molecular flexibility index (Phi) is 4.96. The molecule has 0 amide bonds. The molecule has 0 saturated heterocycles. The predicted molar refractivity (Wildman–Crippen MR) is 137 cm³/mol. The van der Waals surface area contributed by atoms with Crippen molar-refractivity contribution < 1.29 is 0 Å². The molecule has 1 aromatic heterocycles. The first kappa shape index (κ1) is 20.0. The lowest BCUT2D eigenvalue weighted by Gasteiger charge is -2.19. The fraction of sp³-hybridized carbons (Fsp3) is 0.133. The van der Waals surface area contributed by atoms with Gasteiger partial charge in [-0.3, -0.25) is 0 Å². The molecule has 5 rings (SSSR count). The molecule has 5 aromatic rings. The van der Waals surface area contributed by atoms with E-state index in [0.717, 1.165) is 16.8 Å². The molecule has 0 spiro atoms. The Balaban J connectivity index is 1.84. The second-order valence-corrected chi connectivity index (χ2v) is 8.43. The number of aryl methyl sites for hydroxylation is 2. The van der Waals surface area contributed by atoms with Crippen molar-refractivity contribution in [2.45, 2.75) is 6.92 Å². The predicted octanol–water partition coefficient (Wildman–Crippen LogP) is 6.77. The third-order valence-electron chi connectivity index (χ3n) is 6.17. The van der Waals surface area contributed by atoms with Crippen LogP contribution in [0.5, 0.6) is 0 Å². The van der Waals surface area contributed by atoms with Crippen LogP contribution in [0.4, 0.5) is 5.69 Å². The number of hydrogen-bond acceptors (Lipinski definition) is 1. The van der Waals surface area contributed by atoms with E-state index in [1.807, 2.05) is 30.3 Å². The average molecular weight is 415 g/mol. The van der Waals surface area contributed by atoms with Crippen molar-refractivity contribution in [3.8, 4) is 23.1 Å². The second kappa shape index (κ2) is 7.94. The topological polar surface area (TPSA) is 8.17 Å². The lowest BCUT2D eigenvalue weighted by atomic mass is 9.99. The molecule has 0 fully saturated rings. The smallest absolute Gasteiger partial charge is 0.0621 e. The summed E-state index contributed by atoms with van der Waals surface area (Å²) in [6.07, 6.45) is 0. The second-order valence-electron chi connectivity index (χ2n) is 8.43. The van der Waals surface area contributed by atoms with E-state index in [1.54, 1.807) is 0 Å². The van der Waals surface area contributed by atoms with Gasteiger partial charge in [0.05, 0.1) is 16.9 Å². The van der Waals surface area contributed by atoms with E-state index < -0.39 is 0 Å². The van der Waals surface area contributed by atoms with Crippen LogP contribution < -0.4 is 4.90 Å². The number of anilines is 1. The van der Waals surface area contributed by atoms with Gasteiger partial charge >= 0.3 is 0 Å². The summed E-state index contributed by atoms with van der Waals surface area (Å²) in [5.74, 6) is 6.78. The Morgan fingerprint density at radius 3 is 2.09 bits per heavy atom. The van der Waals surface area contributed by atoms with Gasteiger partial charge in [-0.05, 0) is 41.6 Å². The summed E-state index contributed by atoms with van der Waals surface area (Å²) in [5, 5.41) is 3.77. The SMILES string of the molecule is Cc1c(-c2ccccc2)n(C)c2c1ccc1ccc(C#Cc3ccccc3)c(N(C)C)c12. The van der Waals surface area contributed by atoms with E-state index >= 15 is 0 Å². The van der Waals surface area contributed by atoms with E-state index in [9.17, 15) is 0 Å². The minimum absolute atomic E-state index is 1.02. The zero-order chi connectivity index (χ0) is 22.2. The van der Waals surface area contributed by atoms with E-state index in [0.29, 0.717) is 0 Å². The zero-order valence-corrected chi connectivity index (χ0v) is 19.0. The fourth-order valence-electron chi connectivity index (χ4n) is 4.76. The molecule has 2 heteroatoms. The lowest BCUT2D eigenvalue weighted by molar-refractivity contribution is 0.977. The molecule has 1 heterocycles. The maximum atomic E-state index is 3.44. The highest BCUT2D eigenvalue weighted by Gasteiger charge is 2.19. The number of rotatable bonds is 2. The summed E-state index contributed by atoms with van der Waals surface area (Å²) in [7, 11) is 6.39. The van der Waals surface area contributed by atoms with Crippen LogP contribution in [0.2, 0.25) is 0 Å². The molecule has 2 nitrogen and oxygen atoms in total. The van der Waals surface area contributed by atoms with Crippen molar-refractivity contribution in [3.63, 3.8) is 0 Å². The average Bonchev–Trinajstić information content (AvgIpc) is 3.08. The Morgan fingerprint density at radius 2 is 1.41 bits per heavy atom. The molecule has 4 aromatic carbocycles. The lowest BCUT2D eigenvalue weighted by Crippen LogP contribution is -2.11. The van der Waals surface area contributed by atoms with Gasteiger partial charge in [-0.2, -0.15) is 0 Å². The van der Waals surface area contributed by atoms with Gasteiger partial charge in [0.25, 0.3) is 0 Å². The number of fused-ring (bicyclic) bond motifs is 3. The van der Waals surface area contributed by atoms with Gasteiger partial charge in [0.2, 0.25) is 0 Å². The van der Waals surface area contributed by atoms with E-state index in [1.165, 1.54) is 38.5 Å². The summed E-state index contributed by atoms with van der Waals surface area (Å²) < 4.78 is 2.35. The maximum Gasteiger partial charge on any atom is 0.0621 e. The normalized spacial score (nSPS) is 10.9. The van der Waals surface area contributed by atoms with Crippen LogP contribution in [-0.4, -0.2) is 18.7 Å². The minimum atomic E-state index is 1.02. The Labute approximate surface area is 189 Å². The Hall–Kier alpha value is -3.96. The fourth-order valence-corrected chi connectivity index (χ4v) is 4.76. The molecule has 0 aliphatic heterocycles. The highest BCUT2D eigenvalue weighted by atomic mass is 15.1. The van der Waals surface area contributed by atoms with Crippen LogP contribution in [0.15, 0.2) is 84.9 Å². The van der Waals surface area contributed by atoms with Crippen molar-refractivity contribution in [3.05, 3.63) is 102 Å². The van der Waals surface area contributed by atoms with Gasteiger partial charge in [0.1, 0.15) is 0 Å². The molecular formula is C30H26N2. The van der Waals surface area contributed by atoms with Crippen LogP contribution in [0.1, 0.15) is 16.7 Å². The number of benzene rings is 4. The van der Waals surface area contributed by atoms with Gasteiger partial charge < -0.3 is 9.47 Å². The summed E-state index contributed by atoms with van der Waals surface area (Å²) in [4.78, 5) is 2.20. The molecule has 0 aliphatic rings. The van der Waals surface area contributed by atoms with E-state index in [-0.39, 0.29) is 0 Å². The van der Waals surface area contributed by atoms with Gasteiger partial charge in [0, 0.05) is 43.0 Å². The zero-order valence-electron chi connectivity index (χ0n) is 19.0. The highest BCUT2D eigenvalue weighted by molar-refractivity contribution is 6.15. The first-order valence-electron chi connectivity index (χ1n) is 10.9. The molecule has 0 unspecified atom stereocenters. The number of hydrogen-bond donors (Lipinski definition) is 0. The van der Waals surface area contributed by atoms with Crippen molar-refractivity contribution in [2.24, 2.45) is 7.05 Å². The van der Waals surface area contributed by atoms with E-state index in [2.05, 4.69) is 104 Å². The molecule has 0 N–H and O–H groups in total. The van der Waals surface area contributed by atoms with Crippen LogP contribution in [0.3, 0.4) is 0 Å². The molecular weight excluding hydrogens is 388 g/mol. The molecule has 0 atom stereocenters. The van der Waals surface area contributed by atoms with E-state index in [4.69, 9.17) is 0 Å². The molecule has 0 bridgehead atoms. The van der Waals surface area contributed by atoms with Crippen LogP contribution in [0, 0.1) is 18.8 Å². The third kappa shape index (κ3) is 3.24. The summed E-state index contributed by atoms with van der Waals surface area (Å²) in [6, 6.07) is 29.7. The monoisotopic (exact) mass is 414 g/mol. The number of aromatic nitrogens is 1. The molecule has 32 heavy (non-hydrogen) atoms. The number of nitrogens with zero attached hydrogens (tertiary/aromatic N) is 2. The molecule has 0 radical (unpaired) electrons. The van der Waals surface area contributed by atoms with Crippen molar-refractivity contribution in [1.82, 2.24) is 4.57 Å². The van der Waals surface area contributed by atoms with Gasteiger partial charge in [-0.15, -0.1) is 0 Å². The van der Waals surface area contributed by atoms with Gasteiger partial charge in [-0.25, -0.2) is 0 Å². The molecule has 156 valence electrons. The standard InChI is InChI=1S/C30H26N2/c1-21-26-20-19-23-17-18-25(16-15-22-11-7-5-8-12-22)29(31(2)3)27(23)30(26)32(4)28(21)24-13-9-6-10-14-24/h5-14,17-20H,1-4H3. The Bertz CT molecular complexity index is 1500. The first-order chi connectivity index (χ1) is 15.6. The van der Waals surface area contributed by atoms with Crippen LogP contribution in [0.25, 0.3) is 32.9 Å². The largest absolute Gasteiger partial charge is 0.376 e. The van der Waals surface area contributed by atoms with Gasteiger partial charge in [-0.1, -0.05) is 78.6 Å². The Morgan fingerprint density at radius 1 is 0.750 bits per heavy atom. The summed E-state index contributed by atoms with van der Waals surface area (Å²) in [5.41, 5.74) is 8.29. The maximum absolute atomic E-state index is 3.44. The van der Waals surface area contributed by atoms with Crippen LogP contribution >= 0.6 is 0 Å². The molecule has 0 aliphatic carbocycles. The quantitative estimate of drug-likeness (QED) is 0.289. The van der Waals surface area contributed by atoms with Crippen LogP contribution in [-0.2, 0) is 7.05 Å².